The zero-order chi connectivity index (χ0) is 17.2. The number of ether oxygens (including phenoxy) is 3. The van der Waals surface area contributed by atoms with Crippen molar-refractivity contribution < 1.29 is 27.4 Å². The molecule has 1 aliphatic heterocycles. The summed E-state index contributed by atoms with van der Waals surface area (Å²) >= 11 is 0. The van der Waals surface area contributed by atoms with E-state index in [2.05, 4.69) is 0 Å². The Kier molecular flexibility index (Phi) is 5.00. The number of nitrogens with zero attached hydrogens (tertiary/aromatic N) is 1. The molecule has 9 heteroatoms. The minimum Gasteiger partial charge on any atom is -0.493 e. The first-order chi connectivity index (χ1) is 10.8. The SMILES string of the molecule is COc1cc(N2CC(CS(N)(=O)=O)CC2=O)cc(OC)c1OC. The van der Waals surface area contributed by atoms with Crippen LogP contribution in [0.3, 0.4) is 0 Å². The third kappa shape index (κ3) is 3.85. The molecule has 23 heavy (non-hydrogen) atoms. The number of sulfonamides is 1. The summed E-state index contributed by atoms with van der Waals surface area (Å²) in [7, 11) is 0.834. The fourth-order valence-electron chi connectivity index (χ4n) is 2.69. The van der Waals surface area contributed by atoms with Gasteiger partial charge >= 0.3 is 0 Å². The van der Waals surface area contributed by atoms with Gasteiger partial charge in [-0.25, -0.2) is 13.6 Å². The Hall–Kier alpha value is -2.00. The Bertz CT molecular complexity index is 678. The molecule has 0 radical (unpaired) electrons. The van der Waals surface area contributed by atoms with E-state index in [-0.39, 0.29) is 30.5 Å². The highest BCUT2D eigenvalue weighted by Gasteiger charge is 2.33. The van der Waals surface area contributed by atoms with Crippen LogP contribution in [0.25, 0.3) is 0 Å². The Balaban J connectivity index is 2.33. The molecule has 8 nitrogen and oxygen atoms in total. The van der Waals surface area contributed by atoms with Gasteiger partial charge in [-0.3, -0.25) is 4.79 Å². The first kappa shape index (κ1) is 17.4. The maximum atomic E-state index is 12.2. The largest absolute Gasteiger partial charge is 0.493 e. The van der Waals surface area contributed by atoms with Gasteiger partial charge in [0.25, 0.3) is 0 Å². The van der Waals surface area contributed by atoms with E-state index in [1.807, 2.05) is 0 Å². The topological polar surface area (TPSA) is 108 Å². The standard InChI is InChI=1S/C14H20N2O6S/c1-20-11-5-10(6-12(21-2)14(11)22-3)16-7-9(4-13(16)17)8-23(15,18)19/h5-6,9H,4,7-8H2,1-3H3,(H2,15,18,19). The summed E-state index contributed by atoms with van der Waals surface area (Å²) < 4.78 is 38.2. The molecule has 1 amide bonds. The number of amides is 1. The van der Waals surface area contributed by atoms with E-state index < -0.39 is 10.0 Å². The average molecular weight is 344 g/mol. The normalized spacial score (nSPS) is 18.2. The number of methoxy groups -OCH3 is 3. The quantitative estimate of drug-likeness (QED) is 0.798. The molecule has 1 aromatic rings. The summed E-state index contributed by atoms with van der Waals surface area (Å²) in [6.07, 6.45) is 0.132. The smallest absolute Gasteiger partial charge is 0.227 e. The van der Waals surface area contributed by atoms with E-state index in [1.165, 1.54) is 26.2 Å². The lowest BCUT2D eigenvalue weighted by molar-refractivity contribution is -0.117. The molecular formula is C14H20N2O6S. The van der Waals surface area contributed by atoms with E-state index >= 15 is 0 Å². The molecule has 1 aliphatic rings. The lowest BCUT2D eigenvalue weighted by Crippen LogP contribution is -2.27. The predicted octanol–water partition coefficient (Wildman–Crippen LogP) is 0.354. The summed E-state index contributed by atoms with van der Waals surface area (Å²) in [6, 6.07) is 3.30. The Morgan fingerprint density at radius 3 is 2.17 bits per heavy atom. The van der Waals surface area contributed by atoms with Gasteiger partial charge in [-0.05, 0) is 0 Å². The number of primary sulfonamides is 1. The molecule has 128 valence electrons. The number of carbonyl (C=O) groups is 1. The average Bonchev–Trinajstić information content (AvgIpc) is 2.83. The van der Waals surface area contributed by atoms with E-state index in [0.29, 0.717) is 22.9 Å². The fraction of sp³-hybridized carbons (Fsp3) is 0.500. The van der Waals surface area contributed by atoms with E-state index in [1.54, 1.807) is 12.1 Å². The number of nitrogens with two attached hydrogens (primary N) is 1. The summed E-state index contributed by atoms with van der Waals surface area (Å²) in [5.41, 5.74) is 0.557. The molecule has 2 N–H and O–H groups in total. The minimum atomic E-state index is -3.62. The van der Waals surface area contributed by atoms with Crippen molar-refractivity contribution in [1.82, 2.24) is 0 Å². The van der Waals surface area contributed by atoms with E-state index in [0.717, 1.165) is 0 Å². The van der Waals surface area contributed by atoms with Gasteiger partial charge in [0.05, 0.1) is 32.8 Å². The van der Waals surface area contributed by atoms with Gasteiger partial charge in [0.1, 0.15) is 0 Å². The predicted molar refractivity (Wildman–Crippen MR) is 84.5 cm³/mol. The van der Waals surface area contributed by atoms with Crippen LogP contribution in [-0.2, 0) is 14.8 Å². The summed E-state index contributed by atoms with van der Waals surface area (Å²) in [5, 5.41) is 5.06. The Morgan fingerprint density at radius 1 is 1.17 bits per heavy atom. The number of hydrogen-bond acceptors (Lipinski definition) is 6. The molecule has 1 saturated heterocycles. The first-order valence-corrected chi connectivity index (χ1v) is 8.61. The molecule has 1 unspecified atom stereocenters. The molecular weight excluding hydrogens is 324 g/mol. The molecule has 1 atom stereocenters. The highest BCUT2D eigenvalue weighted by molar-refractivity contribution is 7.89. The molecule has 1 fully saturated rings. The zero-order valence-corrected chi connectivity index (χ0v) is 14.1. The minimum absolute atomic E-state index is 0.132. The second kappa shape index (κ2) is 6.63. The molecule has 2 rings (SSSR count). The van der Waals surface area contributed by atoms with Crippen LogP contribution in [-0.4, -0.2) is 48.0 Å². The van der Waals surface area contributed by atoms with Crippen LogP contribution in [0.5, 0.6) is 17.2 Å². The van der Waals surface area contributed by atoms with Gasteiger partial charge in [0.15, 0.2) is 11.5 Å². The Labute approximate surface area is 135 Å². The van der Waals surface area contributed by atoms with Crippen molar-refractivity contribution in [3.05, 3.63) is 12.1 Å². The maximum absolute atomic E-state index is 12.2. The van der Waals surface area contributed by atoms with Crippen LogP contribution < -0.4 is 24.2 Å². The van der Waals surface area contributed by atoms with Crippen molar-refractivity contribution in [2.75, 3.05) is 38.5 Å². The van der Waals surface area contributed by atoms with Crippen LogP contribution in [0.1, 0.15) is 6.42 Å². The van der Waals surface area contributed by atoms with Crippen LogP contribution in [0.15, 0.2) is 12.1 Å². The summed E-state index contributed by atoms with van der Waals surface area (Å²) in [6.45, 7) is 0.272. The van der Waals surface area contributed by atoms with Crippen molar-refractivity contribution in [3.8, 4) is 17.2 Å². The first-order valence-electron chi connectivity index (χ1n) is 6.90. The molecule has 0 saturated carbocycles. The van der Waals surface area contributed by atoms with Crippen molar-refractivity contribution in [3.63, 3.8) is 0 Å². The van der Waals surface area contributed by atoms with Crippen molar-refractivity contribution in [2.24, 2.45) is 11.1 Å². The van der Waals surface area contributed by atoms with Crippen LogP contribution >= 0.6 is 0 Å². The molecule has 0 spiro atoms. The number of rotatable bonds is 6. The van der Waals surface area contributed by atoms with Crippen molar-refractivity contribution >= 4 is 21.6 Å². The summed E-state index contributed by atoms with van der Waals surface area (Å²) in [5.74, 6) is 0.532. The van der Waals surface area contributed by atoms with Crippen LogP contribution in [0, 0.1) is 5.92 Å². The maximum Gasteiger partial charge on any atom is 0.227 e. The third-order valence-electron chi connectivity index (χ3n) is 3.63. The van der Waals surface area contributed by atoms with Gasteiger partial charge < -0.3 is 19.1 Å². The number of hydrogen-bond donors (Lipinski definition) is 1. The summed E-state index contributed by atoms with van der Waals surface area (Å²) in [4.78, 5) is 13.7. The highest BCUT2D eigenvalue weighted by atomic mass is 32.2. The van der Waals surface area contributed by atoms with Crippen LogP contribution in [0.4, 0.5) is 5.69 Å². The lowest BCUT2D eigenvalue weighted by Gasteiger charge is -2.20. The second-order valence-corrected chi connectivity index (χ2v) is 6.95. The van der Waals surface area contributed by atoms with Gasteiger partial charge in [-0.15, -0.1) is 0 Å². The van der Waals surface area contributed by atoms with Crippen LogP contribution in [0.2, 0.25) is 0 Å². The number of carbonyl (C=O) groups excluding carboxylic acids is 1. The molecule has 0 aromatic heterocycles. The molecule has 1 aromatic carbocycles. The fourth-order valence-corrected chi connectivity index (χ4v) is 3.57. The highest BCUT2D eigenvalue weighted by Crippen LogP contribution is 2.42. The zero-order valence-electron chi connectivity index (χ0n) is 13.2. The molecule has 1 heterocycles. The number of anilines is 1. The Morgan fingerprint density at radius 2 is 1.74 bits per heavy atom. The van der Waals surface area contributed by atoms with E-state index in [4.69, 9.17) is 19.3 Å². The lowest BCUT2D eigenvalue weighted by atomic mass is 10.1. The van der Waals surface area contributed by atoms with E-state index in [9.17, 15) is 13.2 Å². The number of benzene rings is 1. The molecule has 0 bridgehead atoms. The second-order valence-electron chi connectivity index (χ2n) is 5.29. The van der Waals surface area contributed by atoms with Gasteiger partial charge in [0.2, 0.25) is 21.7 Å². The van der Waals surface area contributed by atoms with Crippen molar-refractivity contribution in [1.29, 1.82) is 0 Å². The third-order valence-corrected chi connectivity index (χ3v) is 4.57. The van der Waals surface area contributed by atoms with Crippen molar-refractivity contribution in [2.45, 2.75) is 6.42 Å². The van der Waals surface area contributed by atoms with Gasteiger partial charge in [0, 0.05) is 31.0 Å². The van der Waals surface area contributed by atoms with Gasteiger partial charge in [-0.2, -0.15) is 0 Å². The monoisotopic (exact) mass is 344 g/mol. The molecule has 0 aliphatic carbocycles. The van der Waals surface area contributed by atoms with Gasteiger partial charge in [-0.1, -0.05) is 0 Å².